The number of quaternary nitrogens is 1. The molecule has 0 bridgehead atoms. The number of ether oxygens (including phenoxy) is 1. The number of likely N-dealkylation sites (N-methyl/N-ethyl adjacent to an activating group) is 1. The Bertz CT molecular complexity index is 944. The fourth-order valence-corrected chi connectivity index (χ4v) is 6.36. The van der Waals surface area contributed by atoms with Crippen LogP contribution in [0.3, 0.4) is 0 Å². The number of hydrogen-bond acceptors (Lipinski definition) is 1. The predicted molar refractivity (Wildman–Crippen MR) is 121 cm³/mol. The summed E-state index contributed by atoms with van der Waals surface area (Å²) >= 11 is 0. The van der Waals surface area contributed by atoms with E-state index in [-0.39, 0.29) is 5.60 Å². The second kappa shape index (κ2) is 6.96. The zero-order chi connectivity index (χ0) is 21.1. The molecule has 0 N–H and O–H groups in total. The number of aryl methyl sites for hydroxylation is 5. The zero-order valence-electron chi connectivity index (χ0n) is 19.6. The summed E-state index contributed by atoms with van der Waals surface area (Å²) < 4.78 is 7.87. The second-order valence-electron chi connectivity index (χ2n) is 10.6. The van der Waals surface area contributed by atoms with E-state index in [0.29, 0.717) is 17.9 Å². The minimum absolute atomic E-state index is 0.0822. The lowest BCUT2D eigenvalue weighted by Crippen LogP contribution is -2.46. The minimum atomic E-state index is -0.0822. The largest absolute Gasteiger partial charge is 0.367 e. The summed E-state index contributed by atoms with van der Waals surface area (Å²) in [6, 6.07) is 12.2. The third-order valence-electron chi connectivity index (χ3n) is 8.03. The van der Waals surface area contributed by atoms with Crippen LogP contribution in [0.25, 0.3) is 0 Å². The smallest absolute Gasteiger partial charge is 0.144 e. The molecule has 29 heavy (non-hydrogen) atoms. The number of hydrogen-bond donors (Lipinski definition) is 0. The van der Waals surface area contributed by atoms with Gasteiger partial charge in [-0.1, -0.05) is 31.2 Å². The van der Waals surface area contributed by atoms with E-state index >= 15 is 0 Å². The van der Waals surface area contributed by atoms with Crippen molar-refractivity contribution in [1.82, 2.24) is 0 Å². The molecule has 2 saturated heterocycles. The molecule has 1 spiro atoms. The summed E-state index contributed by atoms with van der Waals surface area (Å²) in [5.74, 6) is 1.03. The molecule has 4 rings (SSSR count). The number of rotatable bonds is 2. The first-order chi connectivity index (χ1) is 13.5. The van der Waals surface area contributed by atoms with Crippen LogP contribution in [0.4, 0.5) is 0 Å². The van der Waals surface area contributed by atoms with Crippen molar-refractivity contribution in [1.29, 1.82) is 0 Å². The van der Waals surface area contributed by atoms with Gasteiger partial charge in [-0.25, -0.2) is 0 Å². The van der Waals surface area contributed by atoms with Crippen LogP contribution in [0, 0.1) is 40.5 Å². The zero-order valence-corrected chi connectivity index (χ0v) is 19.6. The van der Waals surface area contributed by atoms with Crippen LogP contribution in [0.5, 0.6) is 0 Å². The van der Waals surface area contributed by atoms with E-state index < -0.39 is 0 Å². The van der Waals surface area contributed by atoms with Gasteiger partial charge in [0.25, 0.3) is 0 Å². The van der Waals surface area contributed by atoms with Crippen molar-refractivity contribution in [2.45, 2.75) is 65.5 Å². The van der Waals surface area contributed by atoms with Crippen molar-refractivity contribution in [2.75, 3.05) is 27.2 Å². The van der Waals surface area contributed by atoms with Crippen LogP contribution in [-0.2, 0) is 4.74 Å². The lowest BCUT2D eigenvalue weighted by molar-refractivity contribution is -0.912. The number of likely N-dealkylation sites (tertiary alicyclic amines) is 1. The van der Waals surface area contributed by atoms with Gasteiger partial charge in [-0.15, -0.1) is 0 Å². The van der Waals surface area contributed by atoms with Gasteiger partial charge in [-0.05, 0) is 80.5 Å². The monoisotopic (exact) mass is 392 g/mol. The minimum Gasteiger partial charge on any atom is -0.367 e. The maximum atomic E-state index is 6.86. The Labute approximate surface area is 177 Å². The van der Waals surface area contributed by atoms with Gasteiger partial charge in [-0.3, -0.25) is 0 Å². The molecule has 156 valence electrons. The number of benzene rings is 2. The van der Waals surface area contributed by atoms with E-state index in [0.717, 1.165) is 24.1 Å². The Morgan fingerprint density at radius 2 is 1.52 bits per heavy atom. The lowest BCUT2D eigenvalue weighted by atomic mass is 9.76. The van der Waals surface area contributed by atoms with Crippen molar-refractivity contribution >= 4 is 0 Å². The maximum Gasteiger partial charge on any atom is 0.144 e. The summed E-state index contributed by atoms with van der Waals surface area (Å²) in [4.78, 5) is 0. The van der Waals surface area contributed by atoms with Gasteiger partial charge in [0.15, 0.2) is 0 Å². The molecule has 2 aromatic carbocycles. The summed E-state index contributed by atoms with van der Waals surface area (Å²) in [5, 5.41) is 0. The van der Waals surface area contributed by atoms with Crippen molar-refractivity contribution in [3.05, 3.63) is 69.3 Å². The Balaban J connectivity index is 1.75. The molecule has 0 aromatic heterocycles. The molecule has 2 aliphatic heterocycles. The average Bonchev–Trinajstić information content (AvgIpc) is 3.14. The second-order valence-corrected chi connectivity index (χ2v) is 10.6. The molecule has 2 heterocycles. The molecule has 2 aromatic rings. The molecule has 4 atom stereocenters. The van der Waals surface area contributed by atoms with Gasteiger partial charge in [-0.2, -0.15) is 0 Å². The molecule has 2 nitrogen and oxygen atoms in total. The van der Waals surface area contributed by atoms with Gasteiger partial charge in [0.2, 0.25) is 0 Å². The summed E-state index contributed by atoms with van der Waals surface area (Å²) in [7, 11) is 4.78. The predicted octanol–water partition coefficient (Wildman–Crippen LogP) is 5.94. The highest BCUT2D eigenvalue weighted by atomic mass is 16.5. The van der Waals surface area contributed by atoms with Crippen molar-refractivity contribution < 1.29 is 9.22 Å². The Kier molecular flexibility index (Phi) is 4.95. The maximum absolute atomic E-state index is 6.86. The first-order valence-corrected chi connectivity index (χ1v) is 11.2. The van der Waals surface area contributed by atoms with Gasteiger partial charge in [0.05, 0.1) is 27.2 Å². The van der Waals surface area contributed by atoms with Crippen LogP contribution in [0.2, 0.25) is 0 Å². The van der Waals surface area contributed by atoms with Crippen LogP contribution >= 0.6 is 0 Å². The van der Waals surface area contributed by atoms with Crippen molar-refractivity contribution in [2.24, 2.45) is 5.92 Å². The molecule has 0 radical (unpaired) electrons. The summed E-state index contributed by atoms with van der Waals surface area (Å²) in [5.41, 5.74) is 9.81. The Morgan fingerprint density at radius 3 is 2.21 bits per heavy atom. The topological polar surface area (TPSA) is 9.23 Å². The molecular formula is C27H38NO+. The molecule has 2 heteroatoms. The van der Waals surface area contributed by atoms with E-state index in [4.69, 9.17) is 4.74 Å². The molecule has 2 fully saturated rings. The first-order valence-electron chi connectivity index (χ1n) is 11.2. The van der Waals surface area contributed by atoms with Crippen LogP contribution in [0.1, 0.15) is 64.2 Å². The standard InChI is InChI=1S/C27H38NO/c1-17-9-10-23(12-19(17)3)26-27(22(6)15-28(26,7)8)14-24(16-29-27)25-13-20(4)18(2)11-21(25)5/h9-13,22,24,26H,14-16H2,1-8H3/q+1. The SMILES string of the molecule is Cc1ccc(C2C3(CC(c4cc(C)c(C)cc4C)CO3)C(C)C[N+]2(C)C)cc1C. The summed E-state index contributed by atoms with van der Waals surface area (Å²) in [6.45, 7) is 15.6. The van der Waals surface area contributed by atoms with Crippen molar-refractivity contribution in [3.63, 3.8) is 0 Å². The average molecular weight is 393 g/mol. The molecule has 0 amide bonds. The third kappa shape index (κ3) is 3.25. The fourth-order valence-electron chi connectivity index (χ4n) is 6.36. The lowest BCUT2D eigenvalue weighted by Gasteiger charge is -2.39. The third-order valence-corrected chi connectivity index (χ3v) is 8.03. The molecule has 4 unspecified atom stereocenters. The van der Waals surface area contributed by atoms with Crippen LogP contribution in [-0.4, -0.2) is 37.3 Å². The molecular weight excluding hydrogens is 354 g/mol. The highest BCUT2D eigenvalue weighted by Crippen LogP contribution is 2.57. The summed E-state index contributed by atoms with van der Waals surface area (Å²) in [6.07, 6.45) is 1.12. The van der Waals surface area contributed by atoms with Crippen molar-refractivity contribution in [3.8, 4) is 0 Å². The van der Waals surface area contributed by atoms with Gasteiger partial charge < -0.3 is 9.22 Å². The Morgan fingerprint density at radius 1 is 0.862 bits per heavy atom. The highest BCUT2D eigenvalue weighted by Gasteiger charge is 2.63. The van der Waals surface area contributed by atoms with E-state index in [2.05, 4.69) is 86.0 Å². The fraction of sp³-hybridized carbons (Fsp3) is 0.556. The van der Waals surface area contributed by atoms with Gasteiger partial charge in [0.1, 0.15) is 11.6 Å². The Hall–Kier alpha value is -1.64. The number of nitrogens with zero attached hydrogens (tertiary/aromatic N) is 1. The molecule has 0 saturated carbocycles. The highest BCUT2D eigenvalue weighted by molar-refractivity contribution is 5.40. The van der Waals surface area contributed by atoms with Gasteiger partial charge in [0, 0.05) is 17.4 Å². The molecule has 0 aliphatic carbocycles. The molecule has 2 aliphatic rings. The van der Waals surface area contributed by atoms with E-state index in [1.165, 1.54) is 38.9 Å². The first kappa shape index (κ1) is 20.6. The van der Waals surface area contributed by atoms with E-state index in [1.54, 1.807) is 0 Å². The quantitative estimate of drug-likeness (QED) is 0.575. The van der Waals surface area contributed by atoms with Crippen LogP contribution < -0.4 is 0 Å². The van der Waals surface area contributed by atoms with Crippen LogP contribution in [0.15, 0.2) is 30.3 Å². The van der Waals surface area contributed by atoms with E-state index in [1.807, 2.05) is 0 Å². The van der Waals surface area contributed by atoms with Gasteiger partial charge >= 0.3 is 0 Å². The normalized spacial score (nSPS) is 31.0. The van der Waals surface area contributed by atoms with E-state index in [9.17, 15) is 0 Å².